The molecule has 0 bridgehead atoms. The lowest BCUT2D eigenvalue weighted by Crippen LogP contribution is -2.29. The first-order valence-electron chi connectivity index (χ1n) is 9.22. The van der Waals surface area contributed by atoms with Crippen LogP contribution in [-0.4, -0.2) is 40.2 Å². The van der Waals surface area contributed by atoms with Gasteiger partial charge in [0, 0.05) is 18.8 Å². The molecule has 3 rings (SSSR count). The number of hydrogen-bond donors (Lipinski definition) is 1. The smallest absolute Gasteiger partial charge is 0.286 e. The van der Waals surface area contributed by atoms with E-state index in [1.807, 2.05) is 24.6 Å². The molecule has 6 heteroatoms. The van der Waals surface area contributed by atoms with Crippen LogP contribution in [0.15, 0.2) is 22.6 Å². The predicted octanol–water partition coefficient (Wildman–Crippen LogP) is 2.90. The average molecular weight is 344 g/mol. The van der Waals surface area contributed by atoms with Crippen LogP contribution in [0.2, 0.25) is 0 Å². The summed E-state index contributed by atoms with van der Waals surface area (Å²) in [5.74, 6) is 1.13. The molecule has 0 unspecified atom stereocenters. The Morgan fingerprint density at radius 3 is 2.76 bits per heavy atom. The zero-order valence-electron chi connectivity index (χ0n) is 15.3. The summed E-state index contributed by atoms with van der Waals surface area (Å²) in [6.07, 6.45) is 4.67. The van der Waals surface area contributed by atoms with Gasteiger partial charge in [-0.05, 0) is 64.4 Å². The lowest BCUT2D eigenvalue weighted by atomic mass is 10.1. The van der Waals surface area contributed by atoms with Crippen LogP contribution in [0.25, 0.3) is 0 Å². The molecule has 1 N–H and O–H groups in total. The number of hydrogen-bond acceptors (Lipinski definition) is 4. The second-order valence-corrected chi connectivity index (χ2v) is 6.86. The van der Waals surface area contributed by atoms with E-state index in [1.54, 1.807) is 6.07 Å². The topological polar surface area (TPSA) is 63.3 Å². The fourth-order valence-corrected chi connectivity index (χ4v) is 3.34. The van der Waals surface area contributed by atoms with E-state index in [0.29, 0.717) is 12.3 Å². The Kier molecular flexibility index (Phi) is 5.91. The van der Waals surface area contributed by atoms with E-state index in [9.17, 15) is 4.79 Å². The minimum absolute atomic E-state index is 0.140. The zero-order chi connectivity index (χ0) is 17.6. The number of nitrogens with one attached hydrogen (secondary N) is 1. The Balaban J connectivity index is 1.41. The molecule has 0 aliphatic carbocycles. The summed E-state index contributed by atoms with van der Waals surface area (Å²) in [4.78, 5) is 14.6. The molecule has 1 aliphatic heterocycles. The van der Waals surface area contributed by atoms with Crippen molar-refractivity contribution in [1.29, 1.82) is 0 Å². The third-order valence-corrected chi connectivity index (χ3v) is 4.65. The van der Waals surface area contributed by atoms with Crippen molar-refractivity contribution in [2.75, 3.05) is 19.6 Å². The molecule has 1 amide bonds. The molecule has 25 heavy (non-hydrogen) atoms. The van der Waals surface area contributed by atoms with Crippen molar-refractivity contribution < 1.29 is 9.21 Å². The number of carbonyl (C=O) groups excluding carboxylic acids is 1. The standard InChI is InChI=1S/C19H28N4O2/c1-15-13-16(2)23(21-15)12-6-9-20-19(24)18-8-7-17(25-18)14-22-10-4-3-5-11-22/h7-8,13H,3-6,9-12,14H2,1-2H3,(H,20,24). The van der Waals surface area contributed by atoms with Gasteiger partial charge in [-0.15, -0.1) is 0 Å². The number of carbonyl (C=O) groups is 1. The molecule has 2 aromatic heterocycles. The summed E-state index contributed by atoms with van der Waals surface area (Å²) in [6, 6.07) is 5.75. The van der Waals surface area contributed by atoms with Gasteiger partial charge < -0.3 is 9.73 Å². The van der Waals surface area contributed by atoms with Crippen LogP contribution < -0.4 is 5.32 Å². The fourth-order valence-electron chi connectivity index (χ4n) is 3.34. The van der Waals surface area contributed by atoms with Gasteiger partial charge in [-0.1, -0.05) is 6.42 Å². The van der Waals surface area contributed by atoms with Gasteiger partial charge in [-0.3, -0.25) is 14.4 Å². The lowest BCUT2D eigenvalue weighted by Gasteiger charge is -2.25. The molecule has 0 spiro atoms. The summed E-state index contributed by atoms with van der Waals surface area (Å²) in [5.41, 5.74) is 2.18. The Morgan fingerprint density at radius 1 is 1.24 bits per heavy atom. The monoisotopic (exact) mass is 344 g/mol. The highest BCUT2D eigenvalue weighted by Crippen LogP contribution is 2.15. The molecule has 3 heterocycles. The predicted molar refractivity (Wildman–Crippen MR) is 96.5 cm³/mol. The maximum Gasteiger partial charge on any atom is 0.286 e. The van der Waals surface area contributed by atoms with Gasteiger partial charge in [0.2, 0.25) is 0 Å². The maximum atomic E-state index is 12.2. The van der Waals surface area contributed by atoms with E-state index < -0.39 is 0 Å². The van der Waals surface area contributed by atoms with Gasteiger partial charge in [0.1, 0.15) is 5.76 Å². The number of rotatable bonds is 7. The Hall–Kier alpha value is -2.08. The van der Waals surface area contributed by atoms with Gasteiger partial charge in [0.25, 0.3) is 5.91 Å². The fraction of sp³-hybridized carbons (Fsp3) is 0.579. The summed E-state index contributed by atoms with van der Waals surface area (Å²) >= 11 is 0. The van der Waals surface area contributed by atoms with Crippen molar-refractivity contribution in [2.45, 2.75) is 52.6 Å². The van der Waals surface area contributed by atoms with E-state index in [0.717, 1.165) is 49.7 Å². The molecule has 0 aromatic carbocycles. The average Bonchev–Trinajstić information content (AvgIpc) is 3.19. The second kappa shape index (κ2) is 8.34. The van der Waals surface area contributed by atoms with Crippen molar-refractivity contribution in [1.82, 2.24) is 20.0 Å². The van der Waals surface area contributed by atoms with Crippen LogP contribution in [0, 0.1) is 13.8 Å². The summed E-state index contributed by atoms with van der Waals surface area (Å²) in [6.45, 7) is 8.49. The van der Waals surface area contributed by atoms with Crippen LogP contribution in [0.4, 0.5) is 0 Å². The quantitative estimate of drug-likeness (QED) is 0.785. The molecule has 2 aromatic rings. The Labute approximate surface area is 149 Å². The number of piperidine rings is 1. The number of furan rings is 1. The lowest BCUT2D eigenvalue weighted by molar-refractivity contribution is 0.0920. The molecule has 0 saturated carbocycles. The van der Waals surface area contributed by atoms with Crippen molar-refractivity contribution >= 4 is 5.91 Å². The number of amides is 1. The second-order valence-electron chi connectivity index (χ2n) is 6.86. The van der Waals surface area contributed by atoms with Gasteiger partial charge >= 0.3 is 0 Å². The molecule has 0 atom stereocenters. The molecule has 1 saturated heterocycles. The van der Waals surface area contributed by atoms with Gasteiger partial charge in [0.15, 0.2) is 5.76 Å². The molecule has 6 nitrogen and oxygen atoms in total. The van der Waals surface area contributed by atoms with Crippen molar-refractivity contribution in [3.8, 4) is 0 Å². The van der Waals surface area contributed by atoms with E-state index in [4.69, 9.17) is 4.42 Å². The van der Waals surface area contributed by atoms with Crippen LogP contribution in [0.3, 0.4) is 0 Å². The van der Waals surface area contributed by atoms with Crippen molar-refractivity contribution in [3.63, 3.8) is 0 Å². The summed E-state index contributed by atoms with van der Waals surface area (Å²) in [5, 5.41) is 7.35. The molecule has 1 aliphatic rings. The third-order valence-electron chi connectivity index (χ3n) is 4.65. The third kappa shape index (κ3) is 4.95. The Morgan fingerprint density at radius 2 is 2.04 bits per heavy atom. The number of aryl methyl sites for hydroxylation is 3. The van der Waals surface area contributed by atoms with E-state index in [1.165, 1.54) is 19.3 Å². The van der Waals surface area contributed by atoms with Gasteiger partial charge in [-0.25, -0.2) is 0 Å². The van der Waals surface area contributed by atoms with Gasteiger partial charge in [-0.2, -0.15) is 5.10 Å². The SMILES string of the molecule is Cc1cc(C)n(CCCNC(=O)c2ccc(CN3CCCCC3)o2)n1. The highest BCUT2D eigenvalue weighted by molar-refractivity contribution is 5.91. The Bertz CT molecular complexity index is 698. The van der Waals surface area contributed by atoms with Crippen LogP contribution in [0.5, 0.6) is 0 Å². The van der Waals surface area contributed by atoms with Gasteiger partial charge in [0.05, 0.1) is 12.2 Å². The largest absolute Gasteiger partial charge is 0.455 e. The first kappa shape index (κ1) is 17.7. The van der Waals surface area contributed by atoms with Crippen LogP contribution in [-0.2, 0) is 13.1 Å². The van der Waals surface area contributed by atoms with E-state index >= 15 is 0 Å². The zero-order valence-corrected chi connectivity index (χ0v) is 15.3. The molecule has 1 fully saturated rings. The first-order valence-corrected chi connectivity index (χ1v) is 9.22. The van der Waals surface area contributed by atoms with Crippen LogP contribution in [0.1, 0.15) is 53.4 Å². The minimum Gasteiger partial charge on any atom is -0.455 e. The molecular formula is C19H28N4O2. The highest BCUT2D eigenvalue weighted by atomic mass is 16.4. The number of nitrogens with zero attached hydrogens (tertiary/aromatic N) is 3. The van der Waals surface area contributed by atoms with E-state index in [2.05, 4.69) is 21.4 Å². The van der Waals surface area contributed by atoms with Crippen molar-refractivity contribution in [3.05, 3.63) is 41.1 Å². The number of aromatic nitrogens is 2. The van der Waals surface area contributed by atoms with E-state index in [-0.39, 0.29) is 5.91 Å². The summed E-state index contributed by atoms with van der Waals surface area (Å²) in [7, 11) is 0. The number of likely N-dealkylation sites (tertiary alicyclic amines) is 1. The molecule has 136 valence electrons. The molecular weight excluding hydrogens is 316 g/mol. The highest BCUT2D eigenvalue weighted by Gasteiger charge is 2.15. The van der Waals surface area contributed by atoms with Crippen molar-refractivity contribution in [2.24, 2.45) is 0 Å². The molecule has 0 radical (unpaired) electrons. The normalized spacial score (nSPS) is 15.4. The summed E-state index contributed by atoms with van der Waals surface area (Å²) < 4.78 is 7.69. The minimum atomic E-state index is -0.140. The van der Waals surface area contributed by atoms with Crippen LogP contribution >= 0.6 is 0 Å². The maximum absolute atomic E-state index is 12.2. The first-order chi connectivity index (χ1) is 12.1.